The molecule has 0 saturated heterocycles. The highest BCUT2D eigenvalue weighted by molar-refractivity contribution is 5.71. The van der Waals surface area contributed by atoms with Crippen molar-refractivity contribution in [1.29, 1.82) is 0 Å². The van der Waals surface area contributed by atoms with Crippen molar-refractivity contribution in [3.8, 4) is 0 Å². The van der Waals surface area contributed by atoms with Gasteiger partial charge in [0.05, 0.1) is 37.6 Å². The van der Waals surface area contributed by atoms with E-state index in [4.69, 9.17) is 29.5 Å². The maximum absolute atomic E-state index is 11.6. The fourth-order valence-corrected chi connectivity index (χ4v) is 1.56. The molecule has 140 valence electrons. The number of ether oxygens (including phenoxy) is 3. The minimum Gasteiger partial charge on any atom is -0.462 e. The first-order valence-corrected chi connectivity index (χ1v) is 7.65. The number of carbonyl (C=O) groups is 3. The van der Waals surface area contributed by atoms with Gasteiger partial charge in [-0.3, -0.25) is 14.4 Å². The maximum atomic E-state index is 11.6. The van der Waals surface area contributed by atoms with Gasteiger partial charge in [-0.15, -0.1) is 0 Å². The van der Waals surface area contributed by atoms with Crippen molar-refractivity contribution in [2.24, 2.45) is 0 Å². The van der Waals surface area contributed by atoms with Crippen LogP contribution in [0.2, 0.25) is 0 Å². The van der Waals surface area contributed by atoms with Crippen LogP contribution < -0.4 is 0 Å². The Kier molecular flexibility index (Phi) is 10.9. The Bertz CT molecular complexity index is 378. The lowest BCUT2D eigenvalue weighted by molar-refractivity contribution is -0.169. The van der Waals surface area contributed by atoms with E-state index in [0.29, 0.717) is 0 Å². The summed E-state index contributed by atoms with van der Waals surface area (Å²) >= 11 is 0. The Morgan fingerprint density at radius 3 is 1.38 bits per heavy atom. The second-order valence-electron chi connectivity index (χ2n) is 5.64. The van der Waals surface area contributed by atoms with Crippen LogP contribution >= 0.6 is 0 Å². The van der Waals surface area contributed by atoms with Crippen LogP contribution in [-0.2, 0) is 28.6 Å². The van der Waals surface area contributed by atoms with Gasteiger partial charge in [0.2, 0.25) is 0 Å². The van der Waals surface area contributed by atoms with Gasteiger partial charge in [0.1, 0.15) is 13.2 Å². The second-order valence-corrected chi connectivity index (χ2v) is 5.64. The van der Waals surface area contributed by atoms with Crippen LogP contribution in [0.25, 0.3) is 0 Å². The number of hydrogen-bond acceptors (Lipinski definition) is 9. The molecule has 0 rings (SSSR count). The number of esters is 3. The van der Waals surface area contributed by atoms with Gasteiger partial charge in [-0.05, 0) is 20.8 Å². The quantitative estimate of drug-likeness (QED) is 0.326. The zero-order chi connectivity index (χ0) is 18.7. The minimum atomic E-state index is -1.05. The highest BCUT2D eigenvalue weighted by Crippen LogP contribution is 2.04. The van der Waals surface area contributed by atoms with Gasteiger partial charge in [0, 0.05) is 0 Å². The van der Waals surface area contributed by atoms with Crippen molar-refractivity contribution < 1.29 is 43.9 Å². The number of aliphatic hydroxyl groups is 3. The molecule has 3 N–H and O–H groups in total. The summed E-state index contributed by atoms with van der Waals surface area (Å²) in [6, 6.07) is 0. The average Bonchev–Trinajstić information content (AvgIpc) is 2.39. The van der Waals surface area contributed by atoms with E-state index in [1.807, 2.05) is 0 Å². The van der Waals surface area contributed by atoms with Crippen molar-refractivity contribution >= 4 is 17.9 Å². The molecule has 0 fully saturated rings. The lowest BCUT2D eigenvalue weighted by Crippen LogP contribution is -2.32. The third kappa shape index (κ3) is 12.8. The van der Waals surface area contributed by atoms with Gasteiger partial charge < -0.3 is 29.5 Å². The molecule has 0 saturated carbocycles. The van der Waals surface area contributed by atoms with Crippen molar-refractivity contribution in [1.82, 2.24) is 0 Å². The van der Waals surface area contributed by atoms with Gasteiger partial charge in [0.25, 0.3) is 0 Å². The number of rotatable bonds is 11. The molecule has 0 aliphatic carbocycles. The topological polar surface area (TPSA) is 140 Å². The molecule has 0 aliphatic rings. The summed E-state index contributed by atoms with van der Waals surface area (Å²) in [5.74, 6) is -2.14. The number of carbonyl (C=O) groups excluding carboxylic acids is 3. The first-order valence-electron chi connectivity index (χ1n) is 7.65. The fourth-order valence-electron chi connectivity index (χ4n) is 1.56. The molecule has 0 aromatic carbocycles. The van der Waals surface area contributed by atoms with E-state index in [1.165, 1.54) is 20.8 Å². The number of hydrogen-bond donors (Lipinski definition) is 3. The third-order valence-corrected chi connectivity index (χ3v) is 2.54. The zero-order valence-corrected chi connectivity index (χ0v) is 14.1. The molecule has 9 heteroatoms. The van der Waals surface area contributed by atoms with Crippen molar-refractivity contribution in [2.75, 3.05) is 13.2 Å². The van der Waals surface area contributed by atoms with Crippen LogP contribution in [0.3, 0.4) is 0 Å². The molecule has 0 aromatic heterocycles. The molecular formula is C15H26O9. The molecule has 0 aromatic rings. The fraction of sp³-hybridized carbons (Fsp3) is 0.800. The Labute approximate surface area is 140 Å². The molecule has 2 unspecified atom stereocenters. The molecule has 3 atom stereocenters. The standard InChI is InChI=1S/C15H26O9/c1-9(16)4-13(19)22-7-12(24-15(21)6-11(3)18)8-23-14(20)5-10(2)17/h9-12,16-18H,4-8H2,1-3H3/t9?,10?,11-,12?/m1/s1. The Morgan fingerprint density at radius 1 is 0.708 bits per heavy atom. The van der Waals surface area contributed by atoms with E-state index in [2.05, 4.69) is 0 Å². The highest BCUT2D eigenvalue weighted by Gasteiger charge is 2.21. The molecule has 0 aliphatic heterocycles. The van der Waals surface area contributed by atoms with Crippen molar-refractivity contribution in [3.63, 3.8) is 0 Å². The lowest BCUT2D eigenvalue weighted by atomic mass is 10.3. The summed E-state index contributed by atoms with van der Waals surface area (Å²) < 4.78 is 14.7. The van der Waals surface area contributed by atoms with E-state index in [-0.39, 0.29) is 32.5 Å². The van der Waals surface area contributed by atoms with E-state index >= 15 is 0 Å². The van der Waals surface area contributed by atoms with Gasteiger partial charge >= 0.3 is 17.9 Å². The first-order chi connectivity index (χ1) is 11.1. The minimum absolute atomic E-state index is 0.226. The summed E-state index contributed by atoms with van der Waals surface area (Å²) in [7, 11) is 0. The van der Waals surface area contributed by atoms with E-state index in [0.717, 1.165) is 0 Å². The van der Waals surface area contributed by atoms with Crippen molar-refractivity contribution in [2.45, 2.75) is 64.4 Å². The van der Waals surface area contributed by atoms with Gasteiger partial charge in [-0.2, -0.15) is 0 Å². The Balaban J connectivity index is 4.50. The lowest BCUT2D eigenvalue weighted by Gasteiger charge is -2.19. The maximum Gasteiger partial charge on any atom is 0.308 e. The van der Waals surface area contributed by atoms with Crippen LogP contribution in [0.15, 0.2) is 0 Å². The summed E-state index contributed by atoms with van der Waals surface area (Å²) in [6.45, 7) is 3.51. The summed E-state index contributed by atoms with van der Waals surface area (Å²) in [4.78, 5) is 34.4. The summed E-state index contributed by atoms with van der Waals surface area (Å²) in [5, 5.41) is 27.3. The monoisotopic (exact) mass is 350 g/mol. The molecule has 0 radical (unpaired) electrons. The molecule has 0 spiro atoms. The summed E-state index contributed by atoms with van der Waals surface area (Å²) in [6.07, 6.45) is -4.43. The van der Waals surface area contributed by atoms with Crippen molar-refractivity contribution in [3.05, 3.63) is 0 Å². The first kappa shape index (κ1) is 22.3. The van der Waals surface area contributed by atoms with E-state index in [9.17, 15) is 14.4 Å². The number of aliphatic hydroxyl groups excluding tert-OH is 3. The van der Waals surface area contributed by atoms with Gasteiger partial charge in [-0.1, -0.05) is 0 Å². The van der Waals surface area contributed by atoms with E-state index in [1.54, 1.807) is 0 Å². The molecule has 0 amide bonds. The molecule has 9 nitrogen and oxygen atoms in total. The molecule has 0 heterocycles. The molecule has 0 bridgehead atoms. The van der Waals surface area contributed by atoms with Crippen LogP contribution in [0, 0.1) is 0 Å². The Hall–Kier alpha value is -1.71. The molecular weight excluding hydrogens is 324 g/mol. The average molecular weight is 350 g/mol. The van der Waals surface area contributed by atoms with Crippen LogP contribution in [0.4, 0.5) is 0 Å². The zero-order valence-electron chi connectivity index (χ0n) is 14.1. The van der Waals surface area contributed by atoms with E-state index < -0.39 is 42.3 Å². The SMILES string of the molecule is CC(O)CC(=O)OCC(COC(=O)CC(C)O)OC(=O)C[C@@H](C)O. The predicted molar refractivity (Wildman–Crippen MR) is 80.7 cm³/mol. The van der Waals surface area contributed by atoms with Crippen LogP contribution in [-0.4, -0.2) is 70.9 Å². The van der Waals surface area contributed by atoms with Crippen LogP contribution in [0.5, 0.6) is 0 Å². The smallest absolute Gasteiger partial charge is 0.308 e. The molecule has 24 heavy (non-hydrogen) atoms. The normalized spacial score (nSPS) is 15.8. The third-order valence-electron chi connectivity index (χ3n) is 2.54. The van der Waals surface area contributed by atoms with Gasteiger partial charge in [0.15, 0.2) is 6.10 Å². The van der Waals surface area contributed by atoms with Crippen LogP contribution in [0.1, 0.15) is 40.0 Å². The predicted octanol–water partition coefficient (Wildman–Crippen LogP) is -0.703. The highest BCUT2D eigenvalue weighted by atomic mass is 16.6. The van der Waals surface area contributed by atoms with Gasteiger partial charge in [-0.25, -0.2) is 0 Å². The second kappa shape index (κ2) is 11.8. The largest absolute Gasteiger partial charge is 0.462 e. The Morgan fingerprint density at radius 2 is 1.04 bits per heavy atom. The summed E-state index contributed by atoms with van der Waals surface area (Å²) in [5.41, 5.74) is 0.